The van der Waals surface area contributed by atoms with E-state index in [1.807, 2.05) is 0 Å². The molecule has 0 saturated heterocycles. The average Bonchev–Trinajstić information content (AvgIpc) is 1.96. The molecule has 1 heterocycles. The monoisotopic (exact) mass is 201 g/mol. The Labute approximate surface area is 79.9 Å². The van der Waals surface area contributed by atoms with Gasteiger partial charge in [0.2, 0.25) is 5.95 Å². The van der Waals surface area contributed by atoms with Gasteiger partial charge in [-0.2, -0.15) is 0 Å². The number of rotatable bonds is 1. The van der Waals surface area contributed by atoms with Crippen LogP contribution in [0.1, 0.15) is 5.56 Å². The molecule has 1 aromatic heterocycles. The van der Waals surface area contributed by atoms with Crippen LogP contribution in [-0.2, 0) is 6.42 Å². The minimum atomic E-state index is 0.0470. The van der Waals surface area contributed by atoms with Crippen LogP contribution in [0.25, 0.3) is 0 Å². The zero-order valence-corrected chi connectivity index (χ0v) is 7.52. The molecular weight excluding hydrogens is 197 g/mol. The quantitative estimate of drug-likeness (QED) is 0.555. The summed E-state index contributed by atoms with van der Waals surface area (Å²) in [6, 6.07) is 0. The maximum Gasteiger partial charge on any atom is 0.222 e. The van der Waals surface area contributed by atoms with Gasteiger partial charge >= 0.3 is 0 Å². The van der Waals surface area contributed by atoms with Gasteiger partial charge in [0.25, 0.3) is 0 Å². The highest BCUT2D eigenvalue weighted by Gasteiger charge is 2.08. The molecule has 0 aromatic carbocycles. The molecule has 0 amide bonds. The molecule has 0 radical (unpaired) electrons. The van der Waals surface area contributed by atoms with E-state index < -0.39 is 0 Å². The molecule has 0 aliphatic rings. The van der Waals surface area contributed by atoms with Crippen molar-refractivity contribution in [3.8, 4) is 12.3 Å². The summed E-state index contributed by atoms with van der Waals surface area (Å²) in [5.74, 6) is 2.44. The Morgan fingerprint density at radius 3 is 2.25 bits per heavy atom. The molecule has 0 aliphatic heterocycles. The van der Waals surface area contributed by atoms with Crippen molar-refractivity contribution in [3.63, 3.8) is 0 Å². The molecule has 2 N–H and O–H groups in total. The third kappa shape index (κ3) is 1.79. The number of aromatic nitrogens is 2. The topological polar surface area (TPSA) is 51.8 Å². The van der Waals surface area contributed by atoms with Crippen LogP contribution in [0.5, 0.6) is 0 Å². The van der Waals surface area contributed by atoms with Crippen molar-refractivity contribution in [1.29, 1.82) is 0 Å². The molecular formula is C7H5Cl2N3. The highest BCUT2D eigenvalue weighted by Crippen LogP contribution is 2.21. The van der Waals surface area contributed by atoms with Crippen LogP contribution in [0.3, 0.4) is 0 Å². The number of terminal acetylenes is 1. The lowest BCUT2D eigenvalue weighted by molar-refractivity contribution is 1.12. The van der Waals surface area contributed by atoms with Crippen LogP contribution in [0.4, 0.5) is 5.95 Å². The van der Waals surface area contributed by atoms with Gasteiger partial charge in [0, 0.05) is 12.0 Å². The summed E-state index contributed by atoms with van der Waals surface area (Å²) in [5.41, 5.74) is 5.82. The lowest BCUT2D eigenvalue weighted by Gasteiger charge is -2.01. The van der Waals surface area contributed by atoms with Crippen LogP contribution in [0, 0.1) is 12.3 Å². The predicted octanol–water partition coefficient (Wildman–Crippen LogP) is 1.54. The van der Waals surface area contributed by atoms with Crippen LogP contribution in [0.2, 0.25) is 10.3 Å². The van der Waals surface area contributed by atoms with E-state index in [2.05, 4.69) is 15.9 Å². The molecule has 0 bridgehead atoms. The molecule has 0 atom stereocenters. The van der Waals surface area contributed by atoms with E-state index in [0.29, 0.717) is 12.0 Å². The van der Waals surface area contributed by atoms with Gasteiger partial charge in [-0.1, -0.05) is 23.2 Å². The number of nitrogen functional groups attached to an aromatic ring is 1. The van der Waals surface area contributed by atoms with Crippen molar-refractivity contribution in [3.05, 3.63) is 15.9 Å². The number of hydrogen-bond acceptors (Lipinski definition) is 3. The van der Waals surface area contributed by atoms with Crippen molar-refractivity contribution in [2.24, 2.45) is 0 Å². The summed E-state index contributed by atoms with van der Waals surface area (Å²) in [4.78, 5) is 7.41. The van der Waals surface area contributed by atoms with Gasteiger partial charge in [-0.05, 0) is 0 Å². The first-order valence-electron chi connectivity index (χ1n) is 3.06. The summed E-state index contributed by atoms with van der Waals surface area (Å²) in [5, 5.41) is 0.427. The Kier molecular flexibility index (Phi) is 2.74. The zero-order chi connectivity index (χ0) is 9.14. The van der Waals surface area contributed by atoms with Gasteiger partial charge in [-0.25, -0.2) is 9.97 Å². The highest BCUT2D eigenvalue weighted by atomic mass is 35.5. The van der Waals surface area contributed by atoms with Gasteiger partial charge in [-0.3, -0.25) is 0 Å². The number of anilines is 1. The molecule has 5 heteroatoms. The fourth-order valence-corrected chi connectivity index (χ4v) is 1.23. The number of nitrogens with zero attached hydrogens (tertiary/aromatic N) is 2. The summed E-state index contributed by atoms with van der Waals surface area (Å²) in [7, 11) is 0. The summed E-state index contributed by atoms with van der Waals surface area (Å²) < 4.78 is 0. The minimum Gasteiger partial charge on any atom is -0.368 e. The van der Waals surface area contributed by atoms with Crippen LogP contribution in [-0.4, -0.2) is 9.97 Å². The molecule has 3 nitrogen and oxygen atoms in total. The smallest absolute Gasteiger partial charge is 0.222 e. The number of hydrogen-bond donors (Lipinski definition) is 1. The van der Waals surface area contributed by atoms with Crippen molar-refractivity contribution < 1.29 is 0 Å². The van der Waals surface area contributed by atoms with E-state index in [4.69, 9.17) is 35.4 Å². The van der Waals surface area contributed by atoms with Gasteiger partial charge in [-0.15, -0.1) is 12.3 Å². The first kappa shape index (κ1) is 9.11. The zero-order valence-electron chi connectivity index (χ0n) is 6.01. The summed E-state index contributed by atoms with van der Waals surface area (Å²) in [6.45, 7) is 0. The second-order valence-electron chi connectivity index (χ2n) is 2.02. The Morgan fingerprint density at radius 1 is 1.33 bits per heavy atom. The molecule has 0 aliphatic carbocycles. The number of halogens is 2. The molecule has 0 spiro atoms. The van der Waals surface area contributed by atoms with E-state index in [9.17, 15) is 0 Å². The molecule has 0 saturated carbocycles. The Balaban J connectivity index is 3.21. The van der Waals surface area contributed by atoms with Crippen LogP contribution in [0.15, 0.2) is 0 Å². The predicted molar refractivity (Wildman–Crippen MR) is 49.0 cm³/mol. The van der Waals surface area contributed by atoms with Crippen LogP contribution < -0.4 is 5.73 Å². The standard InChI is InChI=1S/C7H5Cl2N3/c1-2-3-4-5(8)11-7(10)12-6(4)9/h1H,3H2,(H2,10,11,12). The Morgan fingerprint density at radius 2 is 1.83 bits per heavy atom. The van der Waals surface area contributed by atoms with E-state index >= 15 is 0 Å². The molecule has 62 valence electrons. The molecule has 1 rings (SSSR count). The van der Waals surface area contributed by atoms with E-state index in [1.165, 1.54) is 0 Å². The van der Waals surface area contributed by atoms with Gasteiger partial charge in [0.1, 0.15) is 10.3 Å². The fourth-order valence-electron chi connectivity index (χ4n) is 0.694. The summed E-state index contributed by atoms with van der Waals surface area (Å²) >= 11 is 11.4. The third-order valence-electron chi connectivity index (χ3n) is 1.20. The molecule has 0 unspecified atom stereocenters. The first-order chi connectivity index (χ1) is 5.65. The van der Waals surface area contributed by atoms with Gasteiger partial charge in [0.05, 0.1) is 0 Å². The van der Waals surface area contributed by atoms with E-state index in [-0.39, 0.29) is 16.3 Å². The lowest BCUT2D eigenvalue weighted by atomic mass is 10.2. The lowest BCUT2D eigenvalue weighted by Crippen LogP contribution is -1.99. The normalized spacial score (nSPS) is 9.42. The maximum atomic E-state index is 5.70. The van der Waals surface area contributed by atoms with Crippen molar-refractivity contribution in [2.75, 3.05) is 5.73 Å². The second-order valence-corrected chi connectivity index (χ2v) is 2.74. The molecule has 1 aromatic rings. The minimum absolute atomic E-state index is 0.0470. The van der Waals surface area contributed by atoms with E-state index in [1.54, 1.807) is 0 Å². The van der Waals surface area contributed by atoms with Crippen molar-refractivity contribution in [1.82, 2.24) is 9.97 Å². The first-order valence-corrected chi connectivity index (χ1v) is 3.81. The number of nitrogens with two attached hydrogens (primary N) is 1. The van der Waals surface area contributed by atoms with Gasteiger partial charge in [0.15, 0.2) is 0 Å². The second kappa shape index (κ2) is 3.61. The molecule has 0 fully saturated rings. The van der Waals surface area contributed by atoms with Crippen molar-refractivity contribution in [2.45, 2.75) is 6.42 Å². The maximum absolute atomic E-state index is 5.70. The largest absolute Gasteiger partial charge is 0.368 e. The molecule has 12 heavy (non-hydrogen) atoms. The summed E-state index contributed by atoms with van der Waals surface area (Å²) in [6.07, 6.45) is 5.39. The Hall–Kier alpha value is -0.980. The van der Waals surface area contributed by atoms with E-state index in [0.717, 1.165) is 0 Å². The Bertz CT molecular complexity index is 320. The van der Waals surface area contributed by atoms with Crippen molar-refractivity contribution >= 4 is 29.2 Å². The fraction of sp³-hybridized carbons (Fsp3) is 0.143. The van der Waals surface area contributed by atoms with Gasteiger partial charge < -0.3 is 5.73 Å². The van der Waals surface area contributed by atoms with Crippen LogP contribution >= 0.6 is 23.2 Å². The highest BCUT2D eigenvalue weighted by molar-refractivity contribution is 6.34. The average molecular weight is 202 g/mol. The third-order valence-corrected chi connectivity index (χ3v) is 1.83. The SMILES string of the molecule is C#CCc1c(Cl)nc(N)nc1Cl.